The molecule has 0 bridgehead atoms. The van der Waals surface area contributed by atoms with E-state index in [9.17, 15) is 10.1 Å². The first kappa shape index (κ1) is 14.2. The molecule has 0 amide bonds. The predicted octanol–water partition coefficient (Wildman–Crippen LogP) is 2.12. The third-order valence-electron chi connectivity index (χ3n) is 2.93. The van der Waals surface area contributed by atoms with Gasteiger partial charge in [-0.25, -0.2) is 10.8 Å². The number of hydrazine groups is 1. The van der Waals surface area contributed by atoms with Crippen LogP contribution in [0.1, 0.15) is 26.7 Å². The Morgan fingerprint density at radius 2 is 2.11 bits per heavy atom. The van der Waals surface area contributed by atoms with Crippen LogP contribution in [0.2, 0.25) is 0 Å². The molecule has 1 heterocycles. The molecule has 0 saturated heterocycles. The summed E-state index contributed by atoms with van der Waals surface area (Å²) in [6.07, 6.45) is 2.04. The summed E-state index contributed by atoms with van der Waals surface area (Å²) in [6.45, 7) is 4.85. The van der Waals surface area contributed by atoms with Crippen molar-refractivity contribution in [1.82, 2.24) is 4.98 Å². The number of hydrogen-bond acceptors (Lipinski definition) is 6. The molecular weight excluding hydrogens is 234 g/mol. The summed E-state index contributed by atoms with van der Waals surface area (Å²) in [5.74, 6) is 6.36. The number of anilines is 2. The number of rotatable bonds is 7. The van der Waals surface area contributed by atoms with Gasteiger partial charge in [0.2, 0.25) is 5.82 Å². The van der Waals surface area contributed by atoms with Crippen LogP contribution in [0.4, 0.5) is 17.3 Å². The van der Waals surface area contributed by atoms with Gasteiger partial charge < -0.3 is 10.7 Å². The molecule has 0 aliphatic carbocycles. The lowest BCUT2D eigenvalue weighted by atomic mass is 10.0. The third kappa shape index (κ3) is 3.56. The van der Waals surface area contributed by atoms with Crippen LogP contribution in [0, 0.1) is 16.0 Å². The van der Waals surface area contributed by atoms with Crippen molar-refractivity contribution in [2.24, 2.45) is 11.8 Å². The average molecular weight is 253 g/mol. The highest BCUT2D eigenvalue weighted by Gasteiger charge is 2.16. The van der Waals surface area contributed by atoms with E-state index in [2.05, 4.69) is 29.6 Å². The van der Waals surface area contributed by atoms with Crippen LogP contribution in [-0.4, -0.2) is 16.5 Å². The monoisotopic (exact) mass is 253 g/mol. The van der Waals surface area contributed by atoms with Gasteiger partial charge in [-0.3, -0.25) is 10.1 Å². The van der Waals surface area contributed by atoms with Gasteiger partial charge in [-0.2, -0.15) is 0 Å². The summed E-state index contributed by atoms with van der Waals surface area (Å²) in [6, 6.07) is 2.86. The summed E-state index contributed by atoms with van der Waals surface area (Å²) in [5.41, 5.74) is 2.33. The number of nitrogens with zero attached hydrogens (tertiary/aromatic N) is 2. The van der Waals surface area contributed by atoms with Crippen molar-refractivity contribution in [3.8, 4) is 0 Å². The molecule has 0 aromatic carbocycles. The van der Waals surface area contributed by atoms with Crippen LogP contribution >= 0.6 is 0 Å². The van der Waals surface area contributed by atoms with E-state index in [4.69, 9.17) is 5.84 Å². The first-order valence-corrected chi connectivity index (χ1v) is 5.98. The largest absolute Gasteiger partial charge is 0.364 e. The van der Waals surface area contributed by atoms with Crippen LogP contribution in [0.25, 0.3) is 0 Å². The van der Waals surface area contributed by atoms with Crippen LogP contribution in [0.3, 0.4) is 0 Å². The number of pyridine rings is 1. The molecule has 1 rings (SSSR count). The summed E-state index contributed by atoms with van der Waals surface area (Å²) < 4.78 is 0. The Balaban J connectivity index is 2.87. The molecule has 7 heteroatoms. The maximum absolute atomic E-state index is 10.9. The fourth-order valence-electron chi connectivity index (χ4n) is 1.63. The molecule has 0 fully saturated rings. The molecule has 0 spiro atoms. The highest BCUT2D eigenvalue weighted by atomic mass is 16.6. The normalized spacial score (nSPS) is 10.4. The first-order valence-electron chi connectivity index (χ1n) is 5.98. The Kier molecular flexibility index (Phi) is 5.31. The number of nitrogens with one attached hydrogen (secondary N) is 2. The van der Waals surface area contributed by atoms with Gasteiger partial charge in [0.1, 0.15) is 5.82 Å². The second-order valence-corrected chi connectivity index (χ2v) is 4.03. The van der Waals surface area contributed by atoms with Crippen molar-refractivity contribution in [1.29, 1.82) is 0 Å². The zero-order valence-corrected chi connectivity index (χ0v) is 10.6. The summed E-state index contributed by atoms with van der Waals surface area (Å²) in [5, 5.41) is 13.9. The summed E-state index contributed by atoms with van der Waals surface area (Å²) in [7, 11) is 0. The van der Waals surface area contributed by atoms with Crippen molar-refractivity contribution in [3.05, 3.63) is 22.2 Å². The summed E-state index contributed by atoms with van der Waals surface area (Å²) in [4.78, 5) is 14.5. The Morgan fingerprint density at radius 1 is 1.44 bits per heavy atom. The topological polar surface area (TPSA) is 106 Å². The lowest BCUT2D eigenvalue weighted by Gasteiger charge is -2.14. The van der Waals surface area contributed by atoms with Crippen LogP contribution < -0.4 is 16.6 Å². The van der Waals surface area contributed by atoms with Gasteiger partial charge in [0.15, 0.2) is 0 Å². The van der Waals surface area contributed by atoms with Gasteiger partial charge in [0.25, 0.3) is 0 Å². The number of aromatic nitrogens is 1. The third-order valence-corrected chi connectivity index (χ3v) is 2.93. The highest BCUT2D eigenvalue weighted by Crippen LogP contribution is 2.24. The van der Waals surface area contributed by atoms with E-state index in [1.54, 1.807) is 0 Å². The van der Waals surface area contributed by atoms with Crippen LogP contribution in [-0.2, 0) is 0 Å². The lowest BCUT2D eigenvalue weighted by molar-refractivity contribution is -0.384. The smallest absolute Gasteiger partial charge is 0.311 e. The molecule has 0 atom stereocenters. The quantitative estimate of drug-likeness (QED) is 0.390. The molecule has 0 aliphatic rings. The molecule has 0 radical (unpaired) electrons. The van der Waals surface area contributed by atoms with Crippen LogP contribution in [0.15, 0.2) is 12.1 Å². The van der Waals surface area contributed by atoms with E-state index in [1.165, 1.54) is 12.1 Å². The fourth-order valence-corrected chi connectivity index (χ4v) is 1.63. The minimum absolute atomic E-state index is 0.0417. The molecular formula is C11H19N5O2. The van der Waals surface area contributed by atoms with Crippen molar-refractivity contribution in [2.45, 2.75) is 26.7 Å². The van der Waals surface area contributed by atoms with E-state index in [0.29, 0.717) is 18.3 Å². The van der Waals surface area contributed by atoms with Crippen molar-refractivity contribution < 1.29 is 4.92 Å². The standard InChI is InChI=1S/C11H19N5O2/c1-3-8(4-2)7-13-11-9(16(17)18)5-6-10(14-11)15-12/h5-6,8H,3-4,7,12H2,1-2H3,(H2,13,14,15). The molecule has 4 N–H and O–H groups in total. The van der Waals surface area contributed by atoms with Gasteiger partial charge >= 0.3 is 5.69 Å². The van der Waals surface area contributed by atoms with Crippen molar-refractivity contribution in [2.75, 3.05) is 17.3 Å². The molecule has 100 valence electrons. The Bertz CT molecular complexity index is 406. The molecule has 7 nitrogen and oxygen atoms in total. The van der Waals surface area contributed by atoms with Gasteiger partial charge in [-0.05, 0) is 12.0 Å². The van der Waals surface area contributed by atoms with Crippen LogP contribution in [0.5, 0.6) is 0 Å². The number of hydrogen-bond donors (Lipinski definition) is 3. The highest BCUT2D eigenvalue weighted by molar-refractivity contribution is 5.59. The fraction of sp³-hybridized carbons (Fsp3) is 0.545. The molecule has 1 aromatic rings. The van der Waals surface area contributed by atoms with E-state index < -0.39 is 4.92 Å². The average Bonchev–Trinajstić information content (AvgIpc) is 2.39. The zero-order chi connectivity index (χ0) is 13.5. The van der Waals surface area contributed by atoms with E-state index >= 15 is 0 Å². The second-order valence-electron chi connectivity index (χ2n) is 4.03. The Hall–Kier alpha value is -1.89. The van der Waals surface area contributed by atoms with E-state index in [-0.39, 0.29) is 11.5 Å². The predicted molar refractivity (Wildman–Crippen MR) is 71.3 cm³/mol. The lowest BCUT2D eigenvalue weighted by Crippen LogP contribution is -2.16. The van der Waals surface area contributed by atoms with E-state index in [1.807, 2.05) is 0 Å². The van der Waals surface area contributed by atoms with Gasteiger partial charge in [0.05, 0.1) is 4.92 Å². The van der Waals surface area contributed by atoms with E-state index in [0.717, 1.165) is 12.8 Å². The second kappa shape index (κ2) is 6.75. The summed E-state index contributed by atoms with van der Waals surface area (Å²) >= 11 is 0. The minimum Gasteiger partial charge on any atom is -0.364 e. The van der Waals surface area contributed by atoms with Gasteiger partial charge in [-0.15, -0.1) is 0 Å². The Morgan fingerprint density at radius 3 is 2.61 bits per heavy atom. The zero-order valence-electron chi connectivity index (χ0n) is 10.6. The molecule has 0 aliphatic heterocycles. The number of nitrogens with two attached hydrogens (primary N) is 1. The first-order chi connectivity index (χ1) is 8.62. The number of nitrogen functional groups attached to an aromatic ring is 1. The Labute approximate surface area is 106 Å². The van der Waals surface area contributed by atoms with Crippen molar-refractivity contribution in [3.63, 3.8) is 0 Å². The maximum atomic E-state index is 10.9. The van der Waals surface area contributed by atoms with Gasteiger partial charge in [-0.1, -0.05) is 26.7 Å². The SMILES string of the molecule is CCC(CC)CNc1nc(NN)ccc1[N+](=O)[O-]. The van der Waals surface area contributed by atoms with Crippen molar-refractivity contribution >= 4 is 17.3 Å². The molecule has 18 heavy (non-hydrogen) atoms. The maximum Gasteiger partial charge on any atom is 0.311 e. The number of nitro groups is 1. The molecule has 0 saturated carbocycles. The van der Waals surface area contributed by atoms with Gasteiger partial charge in [0, 0.05) is 12.6 Å². The minimum atomic E-state index is -0.456. The molecule has 0 unspecified atom stereocenters. The molecule has 1 aromatic heterocycles.